The summed E-state index contributed by atoms with van der Waals surface area (Å²) in [7, 11) is 0. The highest BCUT2D eigenvalue weighted by Gasteiger charge is 2.27. The maximum atomic E-state index is 4.87. The van der Waals surface area contributed by atoms with E-state index in [1.165, 1.54) is 11.3 Å². The quantitative estimate of drug-likeness (QED) is 0.798. The third kappa shape index (κ3) is 4.18. The molecule has 19 heavy (non-hydrogen) atoms. The summed E-state index contributed by atoms with van der Waals surface area (Å²) in [5, 5.41) is 4.52. The summed E-state index contributed by atoms with van der Waals surface area (Å²) in [6, 6.07) is 8.91. The minimum atomic E-state index is 0.245. The van der Waals surface area contributed by atoms with Gasteiger partial charge in [-0.2, -0.15) is 0 Å². The van der Waals surface area contributed by atoms with Crippen molar-refractivity contribution in [3.8, 4) is 0 Å². The van der Waals surface area contributed by atoms with E-state index >= 15 is 0 Å². The van der Waals surface area contributed by atoms with Gasteiger partial charge >= 0.3 is 0 Å². The highest BCUT2D eigenvalue weighted by molar-refractivity contribution is 8.14. The topological polar surface area (TPSA) is 24.4 Å². The van der Waals surface area contributed by atoms with Gasteiger partial charge in [0.25, 0.3) is 0 Å². The highest BCUT2D eigenvalue weighted by Crippen LogP contribution is 2.31. The molecule has 1 N–H and O–H groups in total. The Morgan fingerprint density at radius 1 is 1.37 bits per heavy atom. The molecule has 4 heteroatoms. The fraction of sp³-hybridized carbons (Fsp3) is 0.533. The molecule has 104 valence electrons. The van der Waals surface area contributed by atoms with Crippen LogP contribution in [0.3, 0.4) is 0 Å². The Morgan fingerprint density at radius 3 is 2.84 bits per heavy atom. The summed E-state index contributed by atoms with van der Waals surface area (Å²) < 4.78 is 0. The summed E-state index contributed by atoms with van der Waals surface area (Å²) in [6.45, 7) is 6.80. The van der Waals surface area contributed by atoms with Gasteiger partial charge in [-0.25, -0.2) is 0 Å². The van der Waals surface area contributed by atoms with Crippen molar-refractivity contribution in [3.63, 3.8) is 0 Å². The fourth-order valence-electron chi connectivity index (χ4n) is 2.03. The minimum absolute atomic E-state index is 0.245. The van der Waals surface area contributed by atoms with Crippen molar-refractivity contribution in [3.05, 3.63) is 24.3 Å². The van der Waals surface area contributed by atoms with Gasteiger partial charge in [-0.1, -0.05) is 38.6 Å². The molecule has 0 fully saturated rings. The van der Waals surface area contributed by atoms with Crippen LogP contribution in [0.15, 0.2) is 34.2 Å². The number of hydrogen-bond acceptors (Lipinski definition) is 4. The van der Waals surface area contributed by atoms with Crippen LogP contribution in [-0.4, -0.2) is 23.2 Å². The highest BCUT2D eigenvalue weighted by atomic mass is 32.2. The second kappa shape index (κ2) is 6.23. The van der Waals surface area contributed by atoms with Gasteiger partial charge < -0.3 is 5.32 Å². The Labute approximate surface area is 124 Å². The lowest BCUT2D eigenvalue weighted by molar-refractivity contribution is 0.316. The molecule has 0 spiro atoms. The Balaban J connectivity index is 2.11. The summed E-state index contributed by atoms with van der Waals surface area (Å²) in [5.74, 6) is 1.15. The van der Waals surface area contributed by atoms with Gasteiger partial charge in [-0.05, 0) is 36.3 Å². The van der Waals surface area contributed by atoms with Crippen molar-refractivity contribution in [1.82, 2.24) is 0 Å². The lowest BCUT2D eigenvalue weighted by atomic mass is 9.85. The van der Waals surface area contributed by atoms with Gasteiger partial charge in [0.2, 0.25) is 0 Å². The van der Waals surface area contributed by atoms with Crippen LogP contribution in [-0.2, 0) is 0 Å². The van der Waals surface area contributed by atoms with Crippen molar-refractivity contribution in [2.24, 2.45) is 10.4 Å². The summed E-state index contributed by atoms with van der Waals surface area (Å²) >= 11 is 3.59. The normalized spacial score (nSPS) is 20.0. The molecular weight excluding hydrogens is 272 g/mol. The Kier molecular flexibility index (Phi) is 4.85. The zero-order valence-corrected chi connectivity index (χ0v) is 13.7. The van der Waals surface area contributed by atoms with E-state index in [0.29, 0.717) is 6.04 Å². The van der Waals surface area contributed by atoms with E-state index in [1.807, 2.05) is 11.8 Å². The number of benzene rings is 1. The number of anilines is 1. The molecule has 1 aliphatic heterocycles. The van der Waals surface area contributed by atoms with E-state index in [0.717, 1.165) is 16.6 Å². The average molecular weight is 294 g/mol. The number of amidine groups is 1. The van der Waals surface area contributed by atoms with Crippen LogP contribution in [0.4, 0.5) is 5.69 Å². The van der Waals surface area contributed by atoms with E-state index in [1.54, 1.807) is 11.8 Å². The van der Waals surface area contributed by atoms with Gasteiger partial charge in [0, 0.05) is 16.3 Å². The van der Waals surface area contributed by atoms with Crippen molar-refractivity contribution in [1.29, 1.82) is 0 Å². The lowest BCUT2D eigenvalue weighted by Gasteiger charge is -2.31. The number of nitrogens with one attached hydrogen (secondary N) is 1. The number of hydrogen-bond donors (Lipinski definition) is 1. The first kappa shape index (κ1) is 14.8. The van der Waals surface area contributed by atoms with E-state index in [2.05, 4.69) is 56.6 Å². The molecular formula is C15H22N2S2. The molecule has 0 aromatic heterocycles. The molecule has 2 nitrogen and oxygen atoms in total. The van der Waals surface area contributed by atoms with Gasteiger partial charge in [0.05, 0.1) is 6.04 Å². The third-order valence-electron chi connectivity index (χ3n) is 3.22. The van der Waals surface area contributed by atoms with Crippen LogP contribution in [0.5, 0.6) is 0 Å². The van der Waals surface area contributed by atoms with Crippen LogP contribution in [0.2, 0.25) is 0 Å². The van der Waals surface area contributed by atoms with Crippen molar-refractivity contribution in [2.75, 3.05) is 17.3 Å². The van der Waals surface area contributed by atoms with Crippen molar-refractivity contribution in [2.45, 2.75) is 38.1 Å². The van der Waals surface area contributed by atoms with Gasteiger partial charge in [-0.15, -0.1) is 11.8 Å². The Hall–Kier alpha value is -0.610. The van der Waals surface area contributed by atoms with Gasteiger partial charge in [-0.3, -0.25) is 4.99 Å². The molecule has 0 saturated carbocycles. The molecule has 0 bridgehead atoms. The molecule has 0 aliphatic carbocycles. The predicted octanol–water partition coefficient (Wildman–Crippen LogP) is 4.73. The molecule has 1 aliphatic rings. The van der Waals surface area contributed by atoms with Crippen LogP contribution < -0.4 is 5.32 Å². The summed E-state index contributed by atoms with van der Waals surface area (Å²) in [4.78, 5) is 6.14. The van der Waals surface area contributed by atoms with Gasteiger partial charge in [0.1, 0.15) is 0 Å². The summed E-state index contributed by atoms with van der Waals surface area (Å²) in [5.41, 5.74) is 1.38. The molecule has 1 atom stereocenters. The maximum Gasteiger partial charge on any atom is 0.161 e. The SMILES string of the molecule is CSc1cccc(NC2=NC(C(C)(C)C)CCS2)c1. The molecule has 1 aromatic rings. The molecule has 1 heterocycles. The van der Waals surface area contributed by atoms with Crippen molar-refractivity contribution >= 4 is 34.4 Å². The second-order valence-corrected chi connectivity index (χ2v) is 7.77. The first-order valence-electron chi connectivity index (χ1n) is 6.61. The monoisotopic (exact) mass is 294 g/mol. The van der Waals surface area contributed by atoms with E-state index < -0.39 is 0 Å². The van der Waals surface area contributed by atoms with Gasteiger partial charge in [0.15, 0.2) is 5.17 Å². The first-order valence-corrected chi connectivity index (χ1v) is 8.82. The zero-order chi connectivity index (χ0) is 13.9. The number of rotatable bonds is 2. The average Bonchev–Trinajstić information content (AvgIpc) is 2.38. The standard InChI is InChI=1S/C15H22N2S2/c1-15(2,3)13-8-9-19-14(17-13)16-11-6-5-7-12(10-11)18-4/h5-7,10,13H,8-9H2,1-4H3,(H,16,17). The molecule has 0 radical (unpaired) electrons. The third-order valence-corrected chi connectivity index (χ3v) is 4.87. The van der Waals surface area contributed by atoms with E-state index in [-0.39, 0.29) is 5.41 Å². The fourth-order valence-corrected chi connectivity index (χ4v) is 3.42. The summed E-state index contributed by atoms with van der Waals surface area (Å²) in [6.07, 6.45) is 3.27. The zero-order valence-electron chi connectivity index (χ0n) is 12.1. The van der Waals surface area contributed by atoms with Crippen LogP contribution in [0.25, 0.3) is 0 Å². The second-order valence-electron chi connectivity index (χ2n) is 5.81. The smallest absolute Gasteiger partial charge is 0.161 e. The van der Waals surface area contributed by atoms with Crippen LogP contribution in [0.1, 0.15) is 27.2 Å². The Morgan fingerprint density at radius 2 is 2.16 bits per heavy atom. The number of nitrogens with zero attached hydrogens (tertiary/aromatic N) is 1. The lowest BCUT2D eigenvalue weighted by Crippen LogP contribution is -2.30. The van der Waals surface area contributed by atoms with E-state index in [9.17, 15) is 0 Å². The number of thioether (sulfide) groups is 2. The molecule has 2 rings (SSSR count). The Bertz CT molecular complexity index is 463. The van der Waals surface area contributed by atoms with E-state index in [4.69, 9.17) is 4.99 Å². The molecule has 1 unspecified atom stereocenters. The largest absolute Gasteiger partial charge is 0.335 e. The van der Waals surface area contributed by atoms with Crippen molar-refractivity contribution < 1.29 is 0 Å². The first-order chi connectivity index (χ1) is 8.99. The minimum Gasteiger partial charge on any atom is -0.335 e. The predicted molar refractivity (Wildman–Crippen MR) is 89.6 cm³/mol. The molecule has 0 amide bonds. The van der Waals surface area contributed by atoms with Crippen LogP contribution in [0, 0.1) is 5.41 Å². The van der Waals surface area contributed by atoms with Crippen LogP contribution >= 0.6 is 23.5 Å². The number of aliphatic imine (C=N–C) groups is 1. The molecule has 0 saturated heterocycles. The molecule has 1 aromatic carbocycles. The maximum absolute atomic E-state index is 4.87.